The number of phenolic OH excluding ortho intramolecular Hbond substituents is 1. The van der Waals surface area contributed by atoms with E-state index in [4.69, 9.17) is 9.47 Å². The summed E-state index contributed by atoms with van der Waals surface area (Å²) in [5.41, 5.74) is 8.90. The third-order valence-corrected chi connectivity index (χ3v) is 15.7. The van der Waals surface area contributed by atoms with Gasteiger partial charge in [0.1, 0.15) is 41.5 Å². The van der Waals surface area contributed by atoms with Crippen molar-refractivity contribution in [3.8, 4) is 40.0 Å². The lowest BCUT2D eigenvalue weighted by molar-refractivity contribution is -0.131. The number of hydrogen-bond donors (Lipinski definition) is 2. The highest BCUT2D eigenvalue weighted by Crippen LogP contribution is 2.44. The molecular formula is C58H62F2N8O6. The van der Waals surface area contributed by atoms with Gasteiger partial charge in [0.15, 0.2) is 0 Å². The second-order valence-electron chi connectivity index (χ2n) is 20.1. The first kappa shape index (κ1) is 50.2. The maximum Gasteiger partial charge on any atom is 0.258 e. The Hall–Kier alpha value is -7.32. The zero-order valence-electron chi connectivity index (χ0n) is 42.5. The molecule has 0 saturated carbocycles. The number of carbonyl (C=O) groups excluding carboxylic acids is 3. The van der Waals surface area contributed by atoms with Crippen LogP contribution in [0.5, 0.6) is 11.5 Å². The van der Waals surface area contributed by atoms with E-state index in [1.54, 1.807) is 34.7 Å². The highest BCUT2D eigenvalue weighted by Gasteiger charge is 2.37. The fourth-order valence-corrected chi connectivity index (χ4v) is 11.3. The van der Waals surface area contributed by atoms with Crippen molar-refractivity contribution in [3.05, 3.63) is 147 Å². The van der Waals surface area contributed by atoms with Crippen LogP contribution in [0.25, 0.3) is 22.4 Å². The number of hydrogen-bond acceptors (Lipinski definition) is 9. The molecule has 0 unspecified atom stereocenters. The van der Waals surface area contributed by atoms with Gasteiger partial charge in [-0.3, -0.25) is 19.3 Å². The molecule has 6 heterocycles. The summed E-state index contributed by atoms with van der Waals surface area (Å²) in [6.07, 6.45) is 2.75. The third kappa shape index (κ3) is 10.0. The third-order valence-electron chi connectivity index (χ3n) is 15.7. The Bertz CT molecular complexity index is 3160. The highest BCUT2D eigenvalue weighted by molar-refractivity contribution is 6.14. The summed E-state index contributed by atoms with van der Waals surface area (Å²) in [5.74, 6) is -2.69. The summed E-state index contributed by atoms with van der Waals surface area (Å²) in [6, 6.07) is 24.5. The largest absolute Gasteiger partial charge is 0.508 e. The lowest BCUT2D eigenvalue weighted by Crippen LogP contribution is -2.49. The average Bonchev–Trinajstić information content (AvgIpc) is 4.09. The first-order chi connectivity index (χ1) is 35.8. The molecule has 0 spiro atoms. The van der Waals surface area contributed by atoms with Crippen molar-refractivity contribution in [2.24, 2.45) is 14.1 Å². The Labute approximate surface area is 430 Å². The molecule has 0 aliphatic carbocycles. The van der Waals surface area contributed by atoms with Gasteiger partial charge in [0.25, 0.3) is 11.8 Å². The van der Waals surface area contributed by atoms with E-state index in [9.17, 15) is 20.0 Å². The molecule has 1 atom stereocenters. The molecule has 2 saturated heterocycles. The van der Waals surface area contributed by atoms with Gasteiger partial charge >= 0.3 is 0 Å². The molecule has 384 valence electrons. The number of amides is 3. The number of halogens is 2. The summed E-state index contributed by atoms with van der Waals surface area (Å²) in [4.78, 5) is 53.1. The topological polar surface area (TPSA) is 149 Å². The van der Waals surface area contributed by atoms with E-state index in [2.05, 4.69) is 33.3 Å². The minimum atomic E-state index is -0.860. The number of phenols is 1. The van der Waals surface area contributed by atoms with Crippen molar-refractivity contribution in [2.45, 2.75) is 65.1 Å². The van der Waals surface area contributed by atoms with Crippen LogP contribution in [-0.4, -0.2) is 123 Å². The molecule has 2 fully saturated rings. The monoisotopic (exact) mass is 1000 g/mol. The van der Waals surface area contributed by atoms with E-state index >= 15 is 13.6 Å². The van der Waals surface area contributed by atoms with E-state index in [1.807, 2.05) is 54.6 Å². The summed E-state index contributed by atoms with van der Waals surface area (Å²) in [7, 11) is 3.68. The van der Waals surface area contributed by atoms with Gasteiger partial charge < -0.3 is 43.7 Å². The van der Waals surface area contributed by atoms with Crippen LogP contribution in [0.2, 0.25) is 0 Å². The molecule has 16 heteroatoms. The van der Waals surface area contributed by atoms with Crippen molar-refractivity contribution in [2.75, 3.05) is 71.0 Å². The molecule has 2 aromatic heterocycles. The maximum atomic E-state index is 16.0. The van der Waals surface area contributed by atoms with Crippen LogP contribution in [0, 0.1) is 36.8 Å². The molecule has 4 aromatic carbocycles. The van der Waals surface area contributed by atoms with Crippen LogP contribution in [0.15, 0.2) is 78.9 Å². The van der Waals surface area contributed by atoms with Crippen molar-refractivity contribution >= 4 is 23.4 Å². The molecule has 74 heavy (non-hydrogen) atoms. The number of likely N-dealkylation sites (tertiary alicyclic amines) is 1. The zero-order chi connectivity index (χ0) is 51.8. The molecule has 0 bridgehead atoms. The number of nitrogens with zero attached hydrogens (tertiary/aromatic N) is 7. The van der Waals surface area contributed by atoms with Crippen LogP contribution in [0.1, 0.15) is 78.5 Å². The molecule has 4 aliphatic rings. The number of aromatic nitrogens is 2. The highest BCUT2D eigenvalue weighted by atomic mass is 19.1. The van der Waals surface area contributed by atoms with Gasteiger partial charge in [0.05, 0.1) is 30.9 Å². The Morgan fingerprint density at radius 1 is 0.811 bits per heavy atom. The number of benzene rings is 4. The minimum Gasteiger partial charge on any atom is -0.508 e. The minimum absolute atomic E-state index is 0.0528. The van der Waals surface area contributed by atoms with Crippen LogP contribution in [0.4, 0.5) is 14.5 Å². The molecule has 0 radical (unpaired) electrons. The van der Waals surface area contributed by atoms with Gasteiger partial charge in [0, 0.05) is 123 Å². The summed E-state index contributed by atoms with van der Waals surface area (Å²) >= 11 is 0. The number of aromatic hydroxyl groups is 1. The van der Waals surface area contributed by atoms with Crippen LogP contribution >= 0.6 is 0 Å². The fraction of sp³-hybridized carbons (Fsp3) is 0.379. The number of ether oxygens (including phenoxy) is 2. The van der Waals surface area contributed by atoms with Gasteiger partial charge in [-0.25, -0.2) is 8.78 Å². The van der Waals surface area contributed by atoms with E-state index in [-0.39, 0.29) is 48.7 Å². The number of nitriles is 1. The van der Waals surface area contributed by atoms with Crippen molar-refractivity contribution < 1.29 is 37.7 Å². The van der Waals surface area contributed by atoms with Crippen molar-refractivity contribution in [3.63, 3.8) is 0 Å². The molecule has 4 aliphatic heterocycles. The lowest BCUT2D eigenvalue weighted by Gasteiger charge is -2.39. The molecule has 2 N–H and O–H groups in total. The quantitative estimate of drug-likeness (QED) is 0.110. The smallest absolute Gasteiger partial charge is 0.258 e. The first-order valence-corrected chi connectivity index (χ1v) is 25.6. The van der Waals surface area contributed by atoms with E-state index < -0.39 is 29.9 Å². The molecule has 3 amide bonds. The van der Waals surface area contributed by atoms with Gasteiger partial charge in [-0.2, -0.15) is 5.26 Å². The molecule has 10 rings (SSSR count). The van der Waals surface area contributed by atoms with Crippen LogP contribution in [-0.2, 0) is 56.0 Å². The lowest BCUT2D eigenvalue weighted by atomic mass is 9.87. The molecule has 14 nitrogen and oxygen atoms in total. The fourth-order valence-electron chi connectivity index (χ4n) is 11.3. The first-order valence-electron chi connectivity index (χ1n) is 25.6. The number of anilines is 1. The summed E-state index contributed by atoms with van der Waals surface area (Å²) in [5, 5.41) is 23.3. The zero-order valence-corrected chi connectivity index (χ0v) is 42.5. The van der Waals surface area contributed by atoms with Crippen molar-refractivity contribution in [1.29, 1.82) is 5.26 Å². The second kappa shape index (κ2) is 21.3. The predicted molar refractivity (Wildman–Crippen MR) is 277 cm³/mol. The molecular weight excluding hydrogens is 943 g/mol. The van der Waals surface area contributed by atoms with Gasteiger partial charge in [-0.05, 0) is 117 Å². The molecule has 6 aromatic rings. The SMILES string of the molecule is Cc1c(-c2c(C(=O)Nc3ccc(O)cc3)c(C)n(C)c2-c2cc3c(cc2C(=O)N2Cc4ccccc4C[C@H]2CN2CCCC2)CN(C(=O)Cc2c(F)cc(OCCN4CCOCC4)cc2F)CC3)cc(C#N)n1C. The normalized spacial score (nSPS) is 17.0. The van der Waals surface area contributed by atoms with Gasteiger partial charge in [-0.15, -0.1) is 0 Å². The summed E-state index contributed by atoms with van der Waals surface area (Å²) in [6.45, 7) is 10.7. The number of nitrogens with one attached hydrogen (secondary N) is 1. The van der Waals surface area contributed by atoms with Gasteiger partial charge in [0.2, 0.25) is 5.91 Å². The summed E-state index contributed by atoms with van der Waals surface area (Å²) < 4.78 is 46.2. The van der Waals surface area contributed by atoms with E-state index in [0.29, 0.717) is 96.3 Å². The van der Waals surface area contributed by atoms with Crippen LogP contribution < -0.4 is 10.1 Å². The Morgan fingerprint density at radius 2 is 1.53 bits per heavy atom. The number of carbonyl (C=O) groups is 3. The number of fused-ring (bicyclic) bond motifs is 2. The number of morpholine rings is 1. The Balaban J connectivity index is 1.05. The van der Waals surface area contributed by atoms with Crippen molar-refractivity contribution in [1.82, 2.24) is 28.7 Å². The Kier molecular flexibility index (Phi) is 14.4. The van der Waals surface area contributed by atoms with E-state index in [1.165, 1.54) is 17.7 Å². The predicted octanol–water partition coefficient (Wildman–Crippen LogP) is 7.92. The maximum absolute atomic E-state index is 16.0. The Morgan fingerprint density at radius 3 is 2.23 bits per heavy atom. The standard InChI is InChI=1S/C58H62F2N8O6/c1-36-47(28-43(32-61)63(36)3)55-54(57(71)62-42-11-13-45(69)14-12-42)37(2)64(4)56(55)48-26-39-15-18-67(53(70)31-50-51(59)29-46(30-52(50)60)74-24-21-65-19-22-73-23-20-65)33-41(39)27-49(48)58(72)68-34-40-10-6-5-9-38(40)25-44(68)35-66-16-7-8-17-66/h5-6,9-14,26-30,44,69H,7-8,15-25,31,33-35H2,1-4H3,(H,62,71)/t44-/m0/s1. The van der Waals surface area contributed by atoms with Crippen LogP contribution in [0.3, 0.4) is 0 Å². The second-order valence-corrected chi connectivity index (χ2v) is 20.1. The average molecular weight is 1010 g/mol. The van der Waals surface area contributed by atoms with E-state index in [0.717, 1.165) is 73.5 Å². The number of rotatable bonds is 13. The van der Waals surface area contributed by atoms with Gasteiger partial charge in [-0.1, -0.05) is 24.3 Å².